The van der Waals surface area contributed by atoms with Gasteiger partial charge in [-0.25, -0.2) is 4.98 Å². The number of thioether (sulfide) groups is 1. The van der Waals surface area contributed by atoms with Gasteiger partial charge < -0.3 is 10.1 Å². The lowest BCUT2D eigenvalue weighted by molar-refractivity contribution is -0.115. The van der Waals surface area contributed by atoms with E-state index in [1.807, 2.05) is 12.1 Å². The highest BCUT2D eigenvalue weighted by Crippen LogP contribution is 2.34. The van der Waals surface area contributed by atoms with E-state index in [0.717, 1.165) is 40.9 Å². The number of fused-ring (bicyclic) bond motifs is 3. The molecule has 6 nitrogen and oxygen atoms in total. The molecule has 8 heteroatoms. The second kappa shape index (κ2) is 10.4. The molecular weight excluding hydrogens is 442 g/mol. The van der Waals surface area contributed by atoms with Crippen molar-refractivity contribution in [3.8, 4) is 5.75 Å². The molecule has 0 saturated heterocycles. The number of benzene rings is 1. The van der Waals surface area contributed by atoms with E-state index in [-0.39, 0.29) is 11.5 Å². The Labute approximate surface area is 195 Å². The van der Waals surface area contributed by atoms with Crippen LogP contribution in [0.4, 0.5) is 5.69 Å². The minimum Gasteiger partial charge on any atom is -0.497 e. The highest BCUT2D eigenvalue weighted by Gasteiger charge is 2.21. The summed E-state index contributed by atoms with van der Waals surface area (Å²) in [4.78, 5) is 32.7. The van der Waals surface area contributed by atoms with E-state index in [2.05, 4.69) is 11.9 Å². The number of nitrogens with zero attached hydrogens (tertiary/aromatic N) is 2. The van der Waals surface area contributed by atoms with Gasteiger partial charge in [-0.2, -0.15) is 0 Å². The lowest BCUT2D eigenvalue weighted by Crippen LogP contribution is -2.23. The van der Waals surface area contributed by atoms with Crippen molar-refractivity contribution in [3.63, 3.8) is 0 Å². The highest BCUT2D eigenvalue weighted by molar-refractivity contribution is 7.99. The van der Waals surface area contributed by atoms with Crippen molar-refractivity contribution in [2.24, 2.45) is 0 Å². The maximum Gasteiger partial charge on any atom is 0.263 e. The summed E-state index contributed by atoms with van der Waals surface area (Å²) in [7, 11) is 1.61. The van der Waals surface area contributed by atoms with E-state index < -0.39 is 0 Å². The molecule has 0 atom stereocenters. The first-order valence-electron chi connectivity index (χ1n) is 10.8. The predicted molar refractivity (Wildman–Crippen MR) is 132 cm³/mol. The Bertz CT molecular complexity index is 1180. The van der Waals surface area contributed by atoms with Crippen LogP contribution in [0.3, 0.4) is 0 Å². The van der Waals surface area contributed by atoms with Gasteiger partial charge in [0.25, 0.3) is 5.56 Å². The van der Waals surface area contributed by atoms with Crippen LogP contribution in [0, 0.1) is 0 Å². The summed E-state index contributed by atoms with van der Waals surface area (Å²) in [6, 6.07) is 7.23. The SMILES string of the molecule is C=CCn1c(SCCC(=O)Nc2ccc(OC)cc2)nc2sc3c(c2c1=O)CCCCC3. The first-order valence-corrected chi connectivity index (χ1v) is 12.6. The van der Waals surface area contributed by atoms with E-state index in [4.69, 9.17) is 9.72 Å². The lowest BCUT2D eigenvalue weighted by Gasteiger charge is -2.11. The largest absolute Gasteiger partial charge is 0.497 e. The summed E-state index contributed by atoms with van der Waals surface area (Å²) >= 11 is 3.10. The number of amides is 1. The van der Waals surface area contributed by atoms with Gasteiger partial charge >= 0.3 is 0 Å². The average Bonchev–Trinajstić information content (AvgIpc) is 2.98. The number of aryl methyl sites for hydroxylation is 2. The number of methoxy groups -OCH3 is 1. The van der Waals surface area contributed by atoms with E-state index in [1.165, 1.54) is 35.0 Å². The Morgan fingerprint density at radius 3 is 2.81 bits per heavy atom. The third kappa shape index (κ3) is 4.91. The third-order valence-corrected chi connectivity index (χ3v) is 7.70. The van der Waals surface area contributed by atoms with Crippen LogP contribution in [0.15, 0.2) is 46.9 Å². The van der Waals surface area contributed by atoms with Crippen LogP contribution >= 0.6 is 23.1 Å². The van der Waals surface area contributed by atoms with Crippen molar-refractivity contribution in [2.45, 2.75) is 50.2 Å². The highest BCUT2D eigenvalue weighted by atomic mass is 32.2. The summed E-state index contributed by atoms with van der Waals surface area (Å²) in [5.74, 6) is 1.19. The van der Waals surface area contributed by atoms with Crippen LogP contribution in [-0.4, -0.2) is 28.3 Å². The van der Waals surface area contributed by atoms with E-state index in [1.54, 1.807) is 41.2 Å². The summed E-state index contributed by atoms with van der Waals surface area (Å²) in [5, 5.41) is 4.32. The molecule has 1 aliphatic rings. The van der Waals surface area contributed by atoms with Crippen molar-refractivity contribution in [1.82, 2.24) is 9.55 Å². The molecule has 4 rings (SSSR count). The molecule has 1 amide bonds. The van der Waals surface area contributed by atoms with E-state index in [0.29, 0.717) is 23.9 Å². The average molecular weight is 470 g/mol. The molecule has 0 saturated carbocycles. The summed E-state index contributed by atoms with van der Waals surface area (Å²) in [6.07, 6.45) is 7.54. The Balaban J connectivity index is 1.49. The van der Waals surface area contributed by atoms with Crippen molar-refractivity contribution in [3.05, 3.63) is 57.7 Å². The molecule has 2 heterocycles. The van der Waals surface area contributed by atoms with Gasteiger partial charge in [-0.15, -0.1) is 17.9 Å². The number of carbonyl (C=O) groups excluding carboxylic acids is 1. The number of anilines is 1. The van der Waals surface area contributed by atoms with E-state index in [9.17, 15) is 9.59 Å². The maximum atomic E-state index is 13.4. The van der Waals surface area contributed by atoms with Gasteiger partial charge in [0, 0.05) is 29.3 Å². The molecule has 0 spiro atoms. The number of ether oxygens (including phenoxy) is 1. The zero-order chi connectivity index (χ0) is 22.5. The molecule has 168 valence electrons. The zero-order valence-electron chi connectivity index (χ0n) is 18.2. The number of aromatic nitrogens is 2. The van der Waals surface area contributed by atoms with Gasteiger partial charge in [0.1, 0.15) is 10.6 Å². The number of allylic oxidation sites excluding steroid dienone is 1. The minimum absolute atomic E-state index is 0.0134. The Hall–Kier alpha value is -2.58. The van der Waals surface area contributed by atoms with Gasteiger partial charge in [0.05, 0.1) is 12.5 Å². The fraction of sp³-hybridized carbons (Fsp3) is 0.375. The Morgan fingerprint density at radius 1 is 1.28 bits per heavy atom. The van der Waals surface area contributed by atoms with Crippen molar-refractivity contribution in [2.75, 3.05) is 18.2 Å². The zero-order valence-corrected chi connectivity index (χ0v) is 19.8. The standard InChI is InChI=1S/C24H27N3O3S2/c1-3-14-27-23(29)21-18-7-5-4-6-8-19(18)32-22(21)26-24(27)31-15-13-20(28)25-16-9-11-17(30-2)12-10-16/h3,9-12H,1,4-8,13-15H2,2H3,(H,25,28). The number of hydrogen-bond donors (Lipinski definition) is 1. The molecule has 32 heavy (non-hydrogen) atoms. The number of rotatable bonds is 8. The van der Waals surface area contributed by atoms with Gasteiger partial charge in [-0.05, 0) is 55.5 Å². The van der Waals surface area contributed by atoms with Crippen molar-refractivity contribution >= 4 is 44.9 Å². The second-order valence-electron chi connectivity index (χ2n) is 7.72. The van der Waals surface area contributed by atoms with Crippen LogP contribution in [0.25, 0.3) is 10.2 Å². The maximum absolute atomic E-state index is 13.4. The quantitative estimate of drug-likeness (QED) is 0.216. The molecule has 0 aliphatic heterocycles. The van der Waals surface area contributed by atoms with Gasteiger partial charge in [0.2, 0.25) is 5.91 Å². The minimum atomic E-state index is -0.0794. The molecule has 1 aromatic carbocycles. The molecular formula is C24H27N3O3S2. The summed E-state index contributed by atoms with van der Waals surface area (Å²) < 4.78 is 6.83. The second-order valence-corrected chi connectivity index (χ2v) is 9.86. The van der Waals surface area contributed by atoms with Crippen LogP contribution in [0.1, 0.15) is 36.1 Å². The lowest BCUT2D eigenvalue weighted by atomic mass is 10.1. The molecule has 1 aliphatic carbocycles. The molecule has 0 bridgehead atoms. The fourth-order valence-corrected chi connectivity index (χ4v) is 6.18. The van der Waals surface area contributed by atoms with Crippen LogP contribution in [0.2, 0.25) is 0 Å². The van der Waals surface area contributed by atoms with Crippen LogP contribution in [-0.2, 0) is 24.2 Å². The van der Waals surface area contributed by atoms with Gasteiger partial charge in [0.15, 0.2) is 5.16 Å². The van der Waals surface area contributed by atoms with E-state index >= 15 is 0 Å². The molecule has 1 N–H and O–H groups in total. The Kier molecular flexibility index (Phi) is 7.32. The van der Waals surface area contributed by atoms with Gasteiger partial charge in [-0.3, -0.25) is 14.2 Å². The van der Waals surface area contributed by atoms with Crippen molar-refractivity contribution < 1.29 is 9.53 Å². The van der Waals surface area contributed by atoms with Crippen LogP contribution in [0.5, 0.6) is 5.75 Å². The summed E-state index contributed by atoms with van der Waals surface area (Å²) in [6.45, 7) is 4.22. The van der Waals surface area contributed by atoms with Gasteiger partial charge in [-0.1, -0.05) is 24.3 Å². The molecule has 3 aromatic rings. The monoisotopic (exact) mass is 469 g/mol. The number of nitrogens with one attached hydrogen (secondary N) is 1. The summed E-state index contributed by atoms with van der Waals surface area (Å²) in [5.41, 5.74) is 1.94. The van der Waals surface area contributed by atoms with Crippen molar-refractivity contribution in [1.29, 1.82) is 0 Å². The Morgan fingerprint density at radius 2 is 2.06 bits per heavy atom. The fourth-order valence-electron chi connectivity index (χ4n) is 3.93. The number of carbonyl (C=O) groups is 1. The normalized spacial score (nSPS) is 13.4. The van der Waals surface area contributed by atoms with Crippen LogP contribution < -0.4 is 15.6 Å². The molecule has 2 aromatic heterocycles. The first-order chi connectivity index (χ1) is 15.6. The number of hydrogen-bond acceptors (Lipinski definition) is 6. The smallest absolute Gasteiger partial charge is 0.263 e. The molecule has 0 fully saturated rings. The molecule has 0 radical (unpaired) electrons. The topological polar surface area (TPSA) is 73.2 Å². The predicted octanol–water partition coefficient (Wildman–Crippen LogP) is 5.04. The first kappa shape index (κ1) is 22.6. The number of thiophene rings is 1. The molecule has 0 unspecified atom stereocenters. The third-order valence-electron chi connectivity index (χ3n) is 5.54.